The van der Waals surface area contributed by atoms with Crippen molar-refractivity contribution >= 4 is 23.5 Å². The second kappa shape index (κ2) is 9.35. The van der Waals surface area contributed by atoms with E-state index in [9.17, 15) is 14.7 Å². The summed E-state index contributed by atoms with van der Waals surface area (Å²) in [6.45, 7) is 7.46. The number of ketones is 1. The summed E-state index contributed by atoms with van der Waals surface area (Å²) >= 11 is 1.36. The van der Waals surface area contributed by atoms with Crippen molar-refractivity contribution < 1.29 is 28.9 Å². The Morgan fingerprint density at radius 1 is 0.939 bits per heavy atom. The molecule has 1 atom stereocenters. The molecule has 2 aromatic carbocycles. The molecule has 0 heterocycles. The molecule has 0 radical (unpaired) electrons. The third-order valence-corrected chi connectivity index (χ3v) is 7.73. The van der Waals surface area contributed by atoms with Gasteiger partial charge in [-0.05, 0) is 56.5 Å². The second-order valence-electron chi connectivity index (χ2n) is 7.97. The second-order valence-corrected chi connectivity index (χ2v) is 9.02. The molecule has 0 saturated heterocycles. The topological polar surface area (TPSA) is 82.1 Å². The molecular weight excluding hydrogens is 440 g/mol. The minimum atomic E-state index is -1.09. The number of methoxy groups -OCH3 is 3. The number of allylic oxidation sites excluding steroid dienone is 3. The molecule has 0 fully saturated rings. The maximum atomic E-state index is 13.8. The van der Waals surface area contributed by atoms with Crippen molar-refractivity contribution in [3.8, 4) is 17.2 Å². The lowest BCUT2D eigenvalue weighted by Crippen LogP contribution is -2.39. The van der Waals surface area contributed by atoms with Crippen molar-refractivity contribution in [1.82, 2.24) is 0 Å². The minimum absolute atomic E-state index is 0.0601. The first-order chi connectivity index (χ1) is 15.6. The summed E-state index contributed by atoms with van der Waals surface area (Å²) in [4.78, 5) is 27.0. The van der Waals surface area contributed by atoms with Crippen molar-refractivity contribution in [2.75, 3.05) is 21.3 Å². The van der Waals surface area contributed by atoms with E-state index >= 15 is 0 Å². The Hall–Kier alpha value is -3.19. The van der Waals surface area contributed by atoms with Crippen LogP contribution in [0.3, 0.4) is 0 Å². The van der Waals surface area contributed by atoms with Crippen LogP contribution < -0.4 is 14.2 Å². The molecular formula is C26H28O6S. The van der Waals surface area contributed by atoms with Gasteiger partial charge in [-0.25, -0.2) is 4.79 Å². The van der Waals surface area contributed by atoms with E-state index in [2.05, 4.69) is 0 Å². The highest BCUT2D eigenvalue weighted by Gasteiger charge is 2.47. The van der Waals surface area contributed by atoms with Gasteiger partial charge >= 0.3 is 5.97 Å². The molecule has 7 heteroatoms. The van der Waals surface area contributed by atoms with Gasteiger partial charge in [-0.2, -0.15) is 0 Å². The molecule has 2 aromatic rings. The van der Waals surface area contributed by atoms with Crippen molar-refractivity contribution in [2.24, 2.45) is 0 Å². The summed E-state index contributed by atoms with van der Waals surface area (Å²) in [5, 5.41) is 9.65. The van der Waals surface area contributed by atoms with Gasteiger partial charge in [-0.1, -0.05) is 23.9 Å². The summed E-state index contributed by atoms with van der Waals surface area (Å²) < 4.78 is 16.7. The van der Waals surface area contributed by atoms with E-state index in [4.69, 9.17) is 14.2 Å². The van der Waals surface area contributed by atoms with E-state index in [1.165, 1.54) is 11.8 Å². The fraction of sp³-hybridized carbons (Fsp3) is 0.308. The number of ether oxygens (including phenoxy) is 3. The van der Waals surface area contributed by atoms with Crippen LogP contribution in [0, 0.1) is 0 Å². The molecule has 3 rings (SSSR count). The molecule has 174 valence electrons. The van der Waals surface area contributed by atoms with Gasteiger partial charge in [0.05, 0.1) is 37.9 Å². The van der Waals surface area contributed by atoms with E-state index in [0.717, 1.165) is 16.1 Å². The molecule has 0 saturated carbocycles. The third kappa shape index (κ3) is 4.02. The third-order valence-electron chi connectivity index (χ3n) is 6.33. The van der Waals surface area contributed by atoms with Crippen LogP contribution in [0.2, 0.25) is 0 Å². The summed E-state index contributed by atoms with van der Waals surface area (Å²) in [5.74, 6) is 0.445. The van der Waals surface area contributed by atoms with E-state index in [0.29, 0.717) is 33.3 Å². The number of carboxylic acid groups (broad SMARTS) is 1. The quantitative estimate of drug-likeness (QED) is 0.562. The lowest BCUT2D eigenvalue weighted by molar-refractivity contribution is -0.119. The molecule has 0 bridgehead atoms. The maximum Gasteiger partial charge on any atom is 0.336 e. The van der Waals surface area contributed by atoms with Crippen LogP contribution in [0.5, 0.6) is 17.2 Å². The summed E-state index contributed by atoms with van der Waals surface area (Å²) in [6, 6.07) is 10.3. The van der Waals surface area contributed by atoms with Gasteiger partial charge in [0.1, 0.15) is 17.2 Å². The largest absolute Gasteiger partial charge is 0.496 e. The van der Waals surface area contributed by atoms with Gasteiger partial charge in [0.15, 0.2) is 5.78 Å². The molecule has 33 heavy (non-hydrogen) atoms. The SMILES string of the molecule is COc1cc(OC)c(C2(C)C(=O)C(C)=C(C)C(Sc3ccccc3C(=O)O)=C2C)c(OC)c1. The van der Waals surface area contributed by atoms with E-state index in [1.807, 2.05) is 20.8 Å². The van der Waals surface area contributed by atoms with Crippen molar-refractivity contribution in [2.45, 2.75) is 38.0 Å². The number of carbonyl (C=O) groups is 2. The molecule has 1 unspecified atom stereocenters. The van der Waals surface area contributed by atoms with Crippen LogP contribution in [0.25, 0.3) is 0 Å². The molecule has 1 aliphatic rings. The summed E-state index contributed by atoms with van der Waals surface area (Å²) in [7, 11) is 4.64. The molecule has 6 nitrogen and oxygen atoms in total. The Bertz CT molecular complexity index is 1170. The predicted molar refractivity (Wildman–Crippen MR) is 129 cm³/mol. The Morgan fingerprint density at radius 3 is 2.03 bits per heavy atom. The zero-order valence-electron chi connectivity index (χ0n) is 19.9. The van der Waals surface area contributed by atoms with Gasteiger partial charge in [-0.3, -0.25) is 4.79 Å². The molecule has 1 N–H and O–H groups in total. The molecule has 1 aliphatic carbocycles. The van der Waals surface area contributed by atoms with Crippen molar-refractivity contribution in [3.63, 3.8) is 0 Å². The Balaban J connectivity index is 2.31. The predicted octanol–water partition coefficient (Wildman–Crippen LogP) is 5.65. The smallest absolute Gasteiger partial charge is 0.336 e. The van der Waals surface area contributed by atoms with Gasteiger partial charge < -0.3 is 19.3 Å². The number of thioether (sulfide) groups is 1. The fourth-order valence-corrected chi connectivity index (χ4v) is 5.48. The van der Waals surface area contributed by atoms with E-state index in [-0.39, 0.29) is 11.3 Å². The van der Waals surface area contributed by atoms with Crippen LogP contribution >= 0.6 is 11.8 Å². The number of benzene rings is 2. The normalized spacial score (nSPS) is 18.5. The number of Topliss-reactive ketones (excluding diaryl/α,β-unsaturated/α-hetero) is 1. The lowest BCUT2D eigenvalue weighted by atomic mass is 9.66. The molecule has 0 spiro atoms. The lowest BCUT2D eigenvalue weighted by Gasteiger charge is -2.38. The van der Waals surface area contributed by atoms with Crippen LogP contribution in [0.4, 0.5) is 0 Å². The van der Waals surface area contributed by atoms with Gasteiger partial charge in [0, 0.05) is 21.9 Å². The number of hydrogen-bond donors (Lipinski definition) is 1. The minimum Gasteiger partial charge on any atom is -0.496 e. The van der Waals surface area contributed by atoms with Crippen LogP contribution in [-0.4, -0.2) is 38.2 Å². The van der Waals surface area contributed by atoms with E-state index in [1.54, 1.807) is 64.7 Å². The van der Waals surface area contributed by atoms with Crippen LogP contribution in [0.15, 0.2) is 62.9 Å². The number of carboxylic acids is 1. The van der Waals surface area contributed by atoms with E-state index < -0.39 is 11.4 Å². The highest BCUT2D eigenvalue weighted by Crippen LogP contribution is 2.53. The summed E-state index contributed by atoms with van der Waals surface area (Å²) in [6.07, 6.45) is 0. The summed E-state index contributed by atoms with van der Waals surface area (Å²) in [5.41, 5.74) is 1.96. The first-order valence-corrected chi connectivity index (χ1v) is 11.2. The average molecular weight is 469 g/mol. The Labute approximate surface area is 198 Å². The molecule has 0 aliphatic heterocycles. The van der Waals surface area contributed by atoms with Crippen LogP contribution in [0.1, 0.15) is 43.6 Å². The highest BCUT2D eigenvalue weighted by atomic mass is 32.2. The highest BCUT2D eigenvalue weighted by molar-refractivity contribution is 8.03. The number of carbonyl (C=O) groups excluding carboxylic acids is 1. The number of aromatic carboxylic acids is 1. The van der Waals surface area contributed by atoms with Gasteiger partial charge in [0.25, 0.3) is 0 Å². The van der Waals surface area contributed by atoms with Crippen molar-refractivity contribution in [1.29, 1.82) is 0 Å². The van der Waals surface area contributed by atoms with Crippen molar-refractivity contribution in [3.05, 3.63) is 69.1 Å². The van der Waals surface area contributed by atoms with Gasteiger partial charge in [-0.15, -0.1) is 0 Å². The average Bonchev–Trinajstić information content (AvgIpc) is 2.83. The van der Waals surface area contributed by atoms with Gasteiger partial charge in [0.2, 0.25) is 0 Å². The standard InChI is InChI=1S/C26H28O6S/c1-14-15(2)24(27)26(4,22-19(31-6)12-17(30-5)13-20(22)32-7)16(3)23(14)33-21-11-9-8-10-18(21)25(28)29/h8-13H,1-7H3,(H,28,29). The monoisotopic (exact) mass is 468 g/mol. The zero-order chi connectivity index (χ0) is 24.5. The van der Waals surface area contributed by atoms with Crippen LogP contribution in [-0.2, 0) is 10.2 Å². The Kier molecular flexibility index (Phi) is 6.93. The Morgan fingerprint density at radius 2 is 1.52 bits per heavy atom. The molecule has 0 aromatic heterocycles. The first-order valence-electron chi connectivity index (χ1n) is 10.4. The maximum absolute atomic E-state index is 13.8. The first kappa shape index (κ1) is 24.5. The molecule has 0 amide bonds. The number of rotatable bonds is 7. The fourth-order valence-electron chi connectivity index (χ4n) is 4.19. The zero-order valence-corrected chi connectivity index (χ0v) is 20.7. The number of hydrogen-bond acceptors (Lipinski definition) is 6.